The van der Waals surface area contributed by atoms with Gasteiger partial charge in [0.1, 0.15) is 11.3 Å². The summed E-state index contributed by atoms with van der Waals surface area (Å²) in [5.74, 6) is -0.485. The van der Waals surface area contributed by atoms with Gasteiger partial charge in [-0.2, -0.15) is 0 Å². The second kappa shape index (κ2) is 5.06. The molecule has 5 heteroatoms. The van der Waals surface area contributed by atoms with Gasteiger partial charge in [-0.05, 0) is 42.8 Å². The van der Waals surface area contributed by atoms with Crippen LogP contribution in [-0.2, 0) is 0 Å². The van der Waals surface area contributed by atoms with Gasteiger partial charge in [-0.3, -0.25) is 0 Å². The molecule has 0 atom stereocenters. The number of carboxylic acids is 1. The molecular formula is C13H10ClNO3. The van der Waals surface area contributed by atoms with Crippen LogP contribution in [0.25, 0.3) is 0 Å². The Kier molecular flexibility index (Phi) is 3.48. The van der Waals surface area contributed by atoms with Crippen molar-refractivity contribution in [2.75, 3.05) is 0 Å². The molecule has 1 aromatic carbocycles. The molecule has 0 fully saturated rings. The highest BCUT2D eigenvalue weighted by molar-refractivity contribution is 6.30. The fourth-order valence-electron chi connectivity index (χ4n) is 1.47. The number of nitrogens with zero attached hydrogens (tertiary/aromatic N) is 1. The van der Waals surface area contributed by atoms with Crippen LogP contribution in [0.3, 0.4) is 0 Å². The molecule has 1 aromatic heterocycles. The van der Waals surface area contributed by atoms with E-state index in [2.05, 4.69) is 4.98 Å². The van der Waals surface area contributed by atoms with E-state index in [1.54, 1.807) is 24.3 Å². The zero-order chi connectivity index (χ0) is 13.1. The molecule has 0 saturated carbocycles. The molecular weight excluding hydrogens is 254 g/mol. The molecule has 0 aliphatic rings. The molecule has 92 valence electrons. The number of carbonyl (C=O) groups is 1. The lowest BCUT2D eigenvalue weighted by atomic mass is 10.2. The number of aromatic nitrogens is 1. The van der Waals surface area contributed by atoms with Crippen molar-refractivity contribution in [3.8, 4) is 11.6 Å². The van der Waals surface area contributed by atoms with Crippen molar-refractivity contribution < 1.29 is 14.6 Å². The lowest BCUT2D eigenvalue weighted by molar-refractivity contribution is 0.0693. The van der Waals surface area contributed by atoms with Crippen molar-refractivity contribution in [3.05, 3.63) is 52.7 Å². The maximum Gasteiger partial charge on any atom is 0.341 e. The molecule has 0 saturated heterocycles. The van der Waals surface area contributed by atoms with Crippen LogP contribution in [0, 0.1) is 6.92 Å². The maximum atomic E-state index is 11.0. The highest BCUT2D eigenvalue weighted by Gasteiger charge is 2.13. The molecule has 0 amide bonds. The Morgan fingerprint density at radius 1 is 1.39 bits per heavy atom. The van der Waals surface area contributed by atoms with Crippen LogP contribution in [0.15, 0.2) is 36.5 Å². The number of aromatic carboxylic acids is 1. The van der Waals surface area contributed by atoms with Crippen LogP contribution >= 0.6 is 11.6 Å². The molecule has 4 nitrogen and oxygen atoms in total. The molecule has 18 heavy (non-hydrogen) atoms. The van der Waals surface area contributed by atoms with Crippen LogP contribution in [0.1, 0.15) is 15.9 Å². The third-order valence-corrected chi connectivity index (χ3v) is 2.58. The summed E-state index contributed by atoms with van der Waals surface area (Å²) in [4.78, 5) is 14.9. The zero-order valence-corrected chi connectivity index (χ0v) is 10.3. The Morgan fingerprint density at radius 2 is 2.17 bits per heavy atom. The summed E-state index contributed by atoms with van der Waals surface area (Å²) in [6.45, 7) is 1.82. The number of halogens is 1. The molecule has 0 unspecified atom stereocenters. The minimum atomic E-state index is -1.08. The van der Waals surface area contributed by atoms with Gasteiger partial charge < -0.3 is 9.84 Å². The quantitative estimate of drug-likeness (QED) is 0.920. The van der Waals surface area contributed by atoms with Crippen LogP contribution in [0.2, 0.25) is 5.02 Å². The molecule has 2 rings (SSSR count). The number of hydrogen-bond donors (Lipinski definition) is 1. The van der Waals surface area contributed by atoms with E-state index in [-0.39, 0.29) is 11.4 Å². The van der Waals surface area contributed by atoms with E-state index in [9.17, 15) is 4.79 Å². The molecule has 1 heterocycles. The molecule has 2 aromatic rings. The van der Waals surface area contributed by atoms with E-state index in [0.717, 1.165) is 5.56 Å². The summed E-state index contributed by atoms with van der Waals surface area (Å²) >= 11 is 5.84. The first kappa shape index (κ1) is 12.4. The molecule has 1 N–H and O–H groups in total. The minimum Gasteiger partial charge on any atom is -0.477 e. The topological polar surface area (TPSA) is 59.4 Å². The number of pyridine rings is 1. The average Bonchev–Trinajstić information content (AvgIpc) is 2.33. The van der Waals surface area contributed by atoms with E-state index in [1.165, 1.54) is 12.3 Å². The van der Waals surface area contributed by atoms with E-state index >= 15 is 0 Å². The molecule has 0 radical (unpaired) electrons. The van der Waals surface area contributed by atoms with Gasteiger partial charge in [0, 0.05) is 11.2 Å². The summed E-state index contributed by atoms with van der Waals surface area (Å²) in [6.07, 6.45) is 1.48. The Morgan fingerprint density at radius 3 is 2.83 bits per heavy atom. The number of ether oxygens (including phenoxy) is 1. The second-order valence-electron chi connectivity index (χ2n) is 3.67. The monoisotopic (exact) mass is 263 g/mol. The summed E-state index contributed by atoms with van der Waals surface area (Å²) in [5, 5.41) is 9.61. The largest absolute Gasteiger partial charge is 0.477 e. The molecule has 0 aliphatic heterocycles. The number of carboxylic acid groups (broad SMARTS) is 1. The smallest absolute Gasteiger partial charge is 0.341 e. The molecule has 0 spiro atoms. The Hall–Kier alpha value is -2.07. The van der Waals surface area contributed by atoms with Gasteiger partial charge in [0.25, 0.3) is 0 Å². The number of benzene rings is 1. The predicted molar refractivity (Wildman–Crippen MR) is 67.5 cm³/mol. The lowest BCUT2D eigenvalue weighted by Crippen LogP contribution is -2.01. The van der Waals surface area contributed by atoms with Crippen LogP contribution in [0.5, 0.6) is 11.6 Å². The standard InChI is InChI=1S/C13H10ClNO3/c1-8-7-9(14)4-5-11(8)18-12-10(13(16)17)3-2-6-15-12/h2-7H,1H3,(H,16,17). The van der Waals surface area contributed by atoms with Gasteiger partial charge in [-0.25, -0.2) is 9.78 Å². The fraction of sp³-hybridized carbons (Fsp3) is 0.0769. The van der Waals surface area contributed by atoms with Crippen LogP contribution in [-0.4, -0.2) is 16.1 Å². The Labute approximate surface area is 109 Å². The Balaban J connectivity index is 2.37. The van der Waals surface area contributed by atoms with Crippen molar-refractivity contribution in [3.63, 3.8) is 0 Å². The molecule has 0 bridgehead atoms. The summed E-state index contributed by atoms with van der Waals surface area (Å²) in [5.41, 5.74) is 0.830. The third kappa shape index (κ3) is 2.60. The summed E-state index contributed by atoms with van der Waals surface area (Å²) < 4.78 is 5.51. The normalized spacial score (nSPS) is 10.1. The second-order valence-corrected chi connectivity index (χ2v) is 4.11. The van der Waals surface area contributed by atoms with Crippen LogP contribution in [0.4, 0.5) is 0 Å². The first-order valence-corrected chi connectivity index (χ1v) is 5.58. The lowest BCUT2D eigenvalue weighted by Gasteiger charge is -2.09. The first-order chi connectivity index (χ1) is 8.58. The Bertz CT molecular complexity index is 599. The zero-order valence-electron chi connectivity index (χ0n) is 9.55. The SMILES string of the molecule is Cc1cc(Cl)ccc1Oc1ncccc1C(=O)O. The first-order valence-electron chi connectivity index (χ1n) is 5.20. The molecule has 0 aliphatic carbocycles. The number of aryl methyl sites for hydroxylation is 1. The fourth-order valence-corrected chi connectivity index (χ4v) is 1.69. The van der Waals surface area contributed by atoms with E-state index < -0.39 is 5.97 Å². The minimum absolute atomic E-state index is 0.0202. The highest BCUT2D eigenvalue weighted by Crippen LogP contribution is 2.27. The van der Waals surface area contributed by atoms with Crippen molar-refractivity contribution in [1.29, 1.82) is 0 Å². The van der Waals surface area contributed by atoms with Gasteiger partial charge >= 0.3 is 5.97 Å². The summed E-state index contributed by atoms with van der Waals surface area (Å²) in [7, 11) is 0. The van der Waals surface area contributed by atoms with E-state index in [4.69, 9.17) is 21.4 Å². The number of rotatable bonds is 3. The van der Waals surface area contributed by atoms with Gasteiger partial charge in [0.2, 0.25) is 5.88 Å². The van der Waals surface area contributed by atoms with Crippen molar-refractivity contribution in [2.24, 2.45) is 0 Å². The number of hydrogen-bond acceptors (Lipinski definition) is 3. The van der Waals surface area contributed by atoms with Gasteiger partial charge in [0.05, 0.1) is 0 Å². The third-order valence-electron chi connectivity index (χ3n) is 2.35. The van der Waals surface area contributed by atoms with Crippen molar-refractivity contribution >= 4 is 17.6 Å². The maximum absolute atomic E-state index is 11.0. The van der Waals surface area contributed by atoms with Gasteiger partial charge in [0.15, 0.2) is 0 Å². The van der Waals surface area contributed by atoms with Crippen molar-refractivity contribution in [1.82, 2.24) is 4.98 Å². The predicted octanol–water partition coefficient (Wildman–Crippen LogP) is 3.53. The van der Waals surface area contributed by atoms with Crippen molar-refractivity contribution in [2.45, 2.75) is 6.92 Å². The average molecular weight is 264 g/mol. The summed E-state index contributed by atoms with van der Waals surface area (Å²) in [6, 6.07) is 8.08. The van der Waals surface area contributed by atoms with Crippen LogP contribution < -0.4 is 4.74 Å². The van der Waals surface area contributed by atoms with Gasteiger partial charge in [-0.15, -0.1) is 0 Å². The van der Waals surface area contributed by atoms with E-state index in [1.807, 2.05) is 6.92 Å². The van der Waals surface area contributed by atoms with Gasteiger partial charge in [-0.1, -0.05) is 11.6 Å². The van der Waals surface area contributed by atoms with E-state index in [0.29, 0.717) is 10.8 Å². The highest BCUT2D eigenvalue weighted by atomic mass is 35.5.